The van der Waals surface area contributed by atoms with Gasteiger partial charge in [-0.1, -0.05) is 0 Å². The number of hydrogen-bond acceptors (Lipinski definition) is 4. The second-order valence-electron chi connectivity index (χ2n) is 3.62. The summed E-state index contributed by atoms with van der Waals surface area (Å²) in [6.45, 7) is 2.00. The second-order valence-corrected chi connectivity index (χ2v) is 3.62. The molecule has 1 aromatic carbocycles. The van der Waals surface area contributed by atoms with E-state index in [1.807, 2.05) is 6.07 Å². The zero-order valence-electron chi connectivity index (χ0n) is 10.6. The molecular formula is C12H18ClNO4. The zero-order valence-corrected chi connectivity index (χ0v) is 11.4. The average Bonchev–Trinajstić information content (AvgIpc) is 2.35. The van der Waals surface area contributed by atoms with Crippen LogP contribution in [0.5, 0.6) is 11.5 Å². The summed E-state index contributed by atoms with van der Waals surface area (Å²) in [5.41, 5.74) is 0.861. The van der Waals surface area contributed by atoms with Crippen LogP contribution in [-0.2, 0) is 11.3 Å². The first-order valence-corrected chi connectivity index (χ1v) is 5.25. The van der Waals surface area contributed by atoms with Crippen molar-refractivity contribution < 1.29 is 19.4 Å². The standard InChI is InChI=1S/C12H17NO4.ClH/c1-8(12(14)15)13-7-9-6-10(16-2)4-5-11(9)17-3;/h4-6,8,13H,7H2,1-3H3,(H,14,15);1H. The second kappa shape index (κ2) is 7.79. The molecule has 0 bridgehead atoms. The van der Waals surface area contributed by atoms with Gasteiger partial charge < -0.3 is 19.9 Å². The lowest BCUT2D eigenvalue weighted by atomic mass is 10.1. The Morgan fingerprint density at radius 3 is 2.56 bits per heavy atom. The maximum absolute atomic E-state index is 10.7. The largest absolute Gasteiger partial charge is 0.497 e. The van der Waals surface area contributed by atoms with E-state index in [-0.39, 0.29) is 12.4 Å². The molecule has 0 aromatic heterocycles. The van der Waals surface area contributed by atoms with Gasteiger partial charge in [0, 0.05) is 12.1 Å². The molecule has 0 spiro atoms. The van der Waals surface area contributed by atoms with E-state index in [0.717, 1.165) is 5.56 Å². The molecule has 2 N–H and O–H groups in total. The molecule has 1 aromatic rings. The first-order valence-electron chi connectivity index (χ1n) is 5.25. The number of nitrogens with one attached hydrogen (secondary N) is 1. The van der Waals surface area contributed by atoms with E-state index < -0.39 is 12.0 Å². The summed E-state index contributed by atoms with van der Waals surface area (Å²) in [4.78, 5) is 10.7. The summed E-state index contributed by atoms with van der Waals surface area (Å²) in [6, 6.07) is 4.80. The predicted molar refractivity (Wildman–Crippen MR) is 70.7 cm³/mol. The highest BCUT2D eigenvalue weighted by molar-refractivity contribution is 5.85. The van der Waals surface area contributed by atoms with E-state index in [2.05, 4.69) is 5.32 Å². The van der Waals surface area contributed by atoms with Crippen molar-refractivity contribution in [1.29, 1.82) is 0 Å². The van der Waals surface area contributed by atoms with Crippen LogP contribution in [0, 0.1) is 0 Å². The van der Waals surface area contributed by atoms with Crippen molar-refractivity contribution in [2.45, 2.75) is 19.5 Å². The van der Waals surface area contributed by atoms with Crippen LogP contribution in [0.3, 0.4) is 0 Å². The fourth-order valence-corrected chi connectivity index (χ4v) is 1.37. The fraction of sp³-hybridized carbons (Fsp3) is 0.417. The minimum atomic E-state index is -0.883. The Morgan fingerprint density at radius 2 is 2.06 bits per heavy atom. The Balaban J connectivity index is 0.00000289. The van der Waals surface area contributed by atoms with Crippen LogP contribution in [0.25, 0.3) is 0 Å². The van der Waals surface area contributed by atoms with Crippen molar-refractivity contribution in [2.24, 2.45) is 0 Å². The Kier molecular flexibility index (Phi) is 7.16. The van der Waals surface area contributed by atoms with Gasteiger partial charge in [0.15, 0.2) is 0 Å². The third-order valence-electron chi connectivity index (χ3n) is 2.46. The first kappa shape index (κ1) is 16.5. The number of benzene rings is 1. The normalized spacial score (nSPS) is 11.3. The van der Waals surface area contributed by atoms with Gasteiger partial charge in [-0.25, -0.2) is 0 Å². The molecule has 18 heavy (non-hydrogen) atoms. The predicted octanol–water partition coefficient (Wildman–Crippen LogP) is 1.69. The van der Waals surface area contributed by atoms with Gasteiger partial charge in [0.2, 0.25) is 0 Å². The van der Waals surface area contributed by atoms with E-state index >= 15 is 0 Å². The molecule has 0 aliphatic rings. The number of aliphatic carboxylic acids is 1. The van der Waals surface area contributed by atoms with Crippen LogP contribution in [-0.4, -0.2) is 31.3 Å². The number of carboxylic acid groups (broad SMARTS) is 1. The molecule has 102 valence electrons. The number of ether oxygens (including phenoxy) is 2. The smallest absolute Gasteiger partial charge is 0.320 e. The monoisotopic (exact) mass is 275 g/mol. The first-order chi connectivity index (χ1) is 8.08. The molecule has 1 atom stereocenters. The molecule has 1 rings (SSSR count). The number of hydrogen-bond donors (Lipinski definition) is 2. The SMILES string of the molecule is COc1ccc(OC)c(CNC(C)C(=O)O)c1.Cl. The summed E-state index contributed by atoms with van der Waals surface area (Å²) < 4.78 is 10.3. The summed E-state index contributed by atoms with van der Waals surface area (Å²) in [6.07, 6.45) is 0. The summed E-state index contributed by atoms with van der Waals surface area (Å²) in [5.74, 6) is 0.535. The van der Waals surface area contributed by atoms with E-state index in [9.17, 15) is 4.79 Å². The van der Waals surface area contributed by atoms with Gasteiger partial charge in [0.05, 0.1) is 14.2 Å². The van der Waals surface area contributed by atoms with Crippen molar-refractivity contribution in [2.75, 3.05) is 14.2 Å². The summed E-state index contributed by atoms with van der Waals surface area (Å²) in [5, 5.41) is 11.7. The van der Waals surface area contributed by atoms with Gasteiger partial charge in [0.1, 0.15) is 17.5 Å². The fourth-order valence-electron chi connectivity index (χ4n) is 1.37. The number of rotatable bonds is 6. The minimum Gasteiger partial charge on any atom is -0.497 e. The molecule has 1 unspecified atom stereocenters. The van der Waals surface area contributed by atoms with Crippen molar-refractivity contribution in [1.82, 2.24) is 5.32 Å². The van der Waals surface area contributed by atoms with Gasteiger partial charge in [-0.15, -0.1) is 12.4 Å². The molecular weight excluding hydrogens is 258 g/mol. The van der Waals surface area contributed by atoms with Crippen LogP contribution >= 0.6 is 12.4 Å². The molecule has 0 amide bonds. The van der Waals surface area contributed by atoms with Crippen LogP contribution in [0.4, 0.5) is 0 Å². The van der Waals surface area contributed by atoms with Crippen LogP contribution in [0.1, 0.15) is 12.5 Å². The van der Waals surface area contributed by atoms with Gasteiger partial charge in [-0.05, 0) is 25.1 Å². The van der Waals surface area contributed by atoms with Crippen molar-refractivity contribution in [3.05, 3.63) is 23.8 Å². The molecule has 6 heteroatoms. The van der Waals surface area contributed by atoms with Gasteiger partial charge in [0.25, 0.3) is 0 Å². The quantitative estimate of drug-likeness (QED) is 0.827. The lowest BCUT2D eigenvalue weighted by Crippen LogP contribution is -2.33. The van der Waals surface area contributed by atoms with Gasteiger partial charge >= 0.3 is 5.97 Å². The number of carbonyl (C=O) groups is 1. The Hall–Kier alpha value is -1.46. The molecule has 0 saturated carbocycles. The lowest BCUT2D eigenvalue weighted by molar-refractivity contribution is -0.139. The molecule has 0 heterocycles. The maximum atomic E-state index is 10.7. The molecule has 0 aliphatic carbocycles. The number of carboxylic acids is 1. The molecule has 0 fully saturated rings. The third-order valence-corrected chi connectivity index (χ3v) is 2.46. The van der Waals surface area contributed by atoms with Crippen molar-refractivity contribution in [3.8, 4) is 11.5 Å². The van der Waals surface area contributed by atoms with Crippen LogP contribution in [0.15, 0.2) is 18.2 Å². The Bertz CT molecular complexity index is 398. The summed E-state index contributed by atoms with van der Waals surface area (Å²) in [7, 11) is 3.16. The van der Waals surface area contributed by atoms with Crippen molar-refractivity contribution >= 4 is 18.4 Å². The zero-order chi connectivity index (χ0) is 12.8. The Morgan fingerprint density at radius 1 is 1.39 bits per heavy atom. The van der Waals surface area contributed by atoms with E-state index in [0.29, 0.717) is 18.0 Å². The number of methoxy groups -OCH3 is 2. The molecule has 0 radical (unpaired) electrons. The molecule has 0 aliphatic heterocycles. The topological polar surface area (TPSA) is 67.8 Å². The molecule has 0 saturated heterocycles. The number of halogens is 1. The average molecular weight is 276 g/mol. The van der Waals surface area contributed by atoms with Gasteiger partial charge in [-0.2, -0.15) is 0 Å². The highest BCUT2D eigenvalue weighted by atomic mass is 35.5. The van der Waals surface area contributed by atoms with Crippen LogP contribution in [0.2, 0.25) is 0 Å². The molecule has 5 nitrogen and oxygen atoms in total. The maximum Gasteiger partial charge on any atom is 0.320 e. The summed E-state index contributed by atoms with van der Waals surface area (Å²) >= 11 is 0. The highest BCUT2D eigenvalue weighted by Crippen LogP contribution is 2.23. The minimum absolute atomic E-state index is 0. The van der Waals surface area contributed by atoms with Gasteiger partial charge in [-0.3, -0.25) is 4.79 Å². The lowest BCUT2D eigenvalue weighted by Gasteiger charge is -2.13. The van der Waals surface area contributed by atoms with E-state index in [1.165, 1.54) is 0 Å². The van der Waals surface area contributed by atoms with Crippen LogP contribution < -0.4 is 14.8 Å². The third kappa shape index (κ3) is 4.43. The van der Waals surface area contributed by atoms with Crippen molar-refractivity contribution in [3.63, 3.8) is 0 Å². The van der Waals surface area contributed by atoms with E-state index in [4.69, 9.17) is 14.6 Å². The van der Waals surface area contributed by atoms with E-state index in [1.54, 1.807) is 33.3 Å². The highest BCUT2D eigenvalue weighted by Gasteiger charge is 2.11. The Labute approximate surface area is 113 Å².